The molecule has 112 valence electrons. The summed E-state index contributed by atoms with van der Waals surface area (Å²) in [7, 11) is 0. The first kappa shape index (κ1) is 16.7. The van der Waals surface area contributed by atoms with E-state index in [-0.39, 0.29) is 18.7 Å². The average Bonchev–Trinajstić information content (AvgIpc) is 2.41. The molecule has 0 aliphatic rings. The van der Waals surface area contributed by atoms with Crippen molar-refractivity contribution in [2.45, 2.75) is 39.3 Å². The molecule has 0 amide bonds. The molecule has 1 aromatic rings. The van der Waals surface area contributed by atoms with Crippen molar-refractivity contribution in [2.24, 2.45) is 11.1 Å². The smallest absolute Gasteiger partial charge is 0.329 e. The Morgan fingerprint density at radius 3 is 2.25 bits per heavy atom. The second kappa shape index (κ2) is 6.39. The van der Waals surface area contributed by atoms with Gasteiger partial charge in [-0.05, 0) is 24.5 Å². The molecular weight excluding hydrogens is 267 g/mol. The molecule has 0 saturated heterocycles. The lowest BCUT2D eigenvalue weighted by molar-refractivity contribution is -0.137. The molecule has 1 aromatic carbocycles. The number of hydrogen-bond acceptors (Lipinski definition) is 2. The molecule has 5 heteroatoms. The van der Waals surface area contributed by atoms with Crippen molar-refractivity contribution in [3.8, 4) is 0 Å². The number of benzene rings is 1. The Bertz CT molecular complexity index is 456. The summed E-state index contributed by atoms with van der Waals surface area (Å²) < 4.78 is 37.9. The van der Waals surface area contributed by atoms with E-state index in [1.165, 1.54) is 6.07 Å². The SMILES string of the molecule is CCC(CC)(CN)C(=O)Cc1cccc(C(F)(F)F)c1. The summed E-state index contributed by atoms with van der Waals surface area (Å²) in [6.07, 6.45) is -3.21. The van der Waals surface area contributed by atoms with Gasteiger partial charge in [0.2, 0.25) is 0 Å². The normalized spacial score (nSPS) is 12.5. The minimum Gasteiger partial charge on any atom is -0.329 e. The van der Waals surface area contributed by atoms with Crippen LogP contribution in [0.25, 0.3) is 0 Å². The second-order valence-electron chi connectivity index (χ2n) is 4.99. The van der Waals surface area contributed by atoms with Crippen LogP contribution in [0.1, 0.15) is 37.8 Å². The van der Waals surface area contributed by atoms with Gasteiger partial charge in [-0.2, -0.15) is 13.2 Å². The van der Waals surface area contributed by atoms with Crippen LogP contribution in [0.3, 0.4) is 0 Å². The van der Waals surface area contributed by atoms with E-state index < -0.39 is 17.2 Å². The van der Waals surface area contributed by atoms with E-state index in [0.717, 1.165) is 12.1 Å². The lowest BCUT2D eigenvalue weighted by Gasteiger charge is -2.28. The van der Waals surface area contributed by atoms with Gasteiger partial charge in [0.1, 0.15) is 5.78 Å². The van der Waals surface area contributed by atoms with Gasteiger partial charge in [0.15, 0.2) is 0 Å². The molecule has 0 radical (unpaired) electrons. The minimum absolute atomic E-state index is 0.0111. The predicted octanol–water partition coefficient (Wildman–Crippen LogP) is 3.58. The Hall–Kier alpha value is -1.36. The van der Waals surface area contributed by atoms with E-state index in [1.807, 2.05) is 13.8 Å². The Labute approximate surface area is 117 Å². The van der Waals surface area contributed by atoms with Gasteiger partial charge in [-0.25, -0.2) is 0 Å². The van der Waals surface area contributed by atoms with Gasteiger partial charge in [0.25, 0.3) is 0 Å². The molecule has 0 atom stereocenters. The minimum atomic E-state index is -4.39. The Morgan fingerprint density at radius 2 is 1.80 bits per heavy atom. The molecule has 0 aliphatic heterocycles. The highest BCUT2D eigenvalue weighted by molar-refractivity contribution is 5.87. The summed E-state index contributed by atoms with van der Waals surface area (Å²) >= 11 is 0. The molecule has 0 saturated carbocycles. The number of carbonyl (C=O) groups is 1. The van der Waals surface area contributed by atoms with Crippen LogP contribution < -0.4 is 5.73 Å². The summed E-state index contributed by atoms with van der Waals surface area (Å²) in [4.78, 5) is 12.3. The van der Waals surface area contributed by atoms with Crippen molar-refractivity contribution < 1.29 is 18.0 Å². The largest absolute Gasteiger partial charge is 0.416 e. The fourth-order valence-corrected chi connectivity index (χ4v) is 2.28. The first-order chi connectivity index (χ1) is 9.29. The van der Waals surface area contributed by atoms with E-state index in [9.17, 15) is 18.0 Å². The van der Waals surface area contributed by atoms with Gasteiger partial charge in [-0.1, -0.05) is 32.0 Å². The highest BCUT2D eigenvalue weighted by Crippen LogP contribution is 2.31. The van der Waals surface area contributed by atoms with Crippen molar-refractivity contribution in [3.63, 3.8) is 0 Å². The van der Waals surface area contributed by atoms with E-state index in [1.54, 1.807) is 6.07 Å². The lowest BCUT2D eigenvalue weighted by atomic mass is 9.76. The molecule has 0 unspecified atom stereocenters. The monoisotopic (exact) mass is 287 g/mol. The van der Waals surface area contributed by atoms with Crippen LogP contribution in [-0.4, -0.2) is 12.3 Å². The van der Waals surface area contributed by atoms with Crippen LogP contribution in [0.15, 0.2) is 24.3 Å². The van der Waals surface area contributed by atoms with Crippen molar-refractivity contribution in [1.82, 2.24) is 0 Å². The molecule has 0 fully saturated rings. The third-order valence-electron chi connectivity index (χ3n) is 3.95. The summed E-state index contributed by atoms with van der Waals surface area (Å²) in [6.45, 7) is 3.97. The molecule has 0 aliphatic carbocycles. The number of Topliss-reactive ketones (excluding diaryl/α,β-unsaturated/α-hetero) is 1. The molecule has 0 aromatic heterocycles. The standard InChI is InChI=1S/C15H20F3NO/c1-3-14(4-2,10-19)13(20)9-11-6-5-7-12(8-11)15(16,17)18/h5-8H,3-4,9-10,19H2,1-2H3. The van der Waals surface area contributed by atoms with Gasteiger partial charge >= 0.3 is 6.18 Å². The van der Waals surface area contributed by atoms with E-state index in [2.05, 4.69) is 0 Å². The number of carbonyl (C=O) groups excluding carboxylic acids is 1. The molecule has 0 spiro atoms. The number of halogens is 3. The Morgan fingerprint density at radius 1 is 1.20 bits per heavy atom. The van der Waals surface area contributed by atoms with Gasteiger partial charge in [0.05, 0.1) is 5.56 Å². The van der Waals surface area contributed by atoms with Crippen molar-refractivity contribution in [3.05, 3.63) is 35.4 Å². The third-order valence-corrected chi connectivity index (χ3v) is 3.95. The van der Waals surface area contributed by atoms with Crippen molar-refractivity contribution >= 4 is 5.78 Å². The molecule has 2 N–H and O–H groups in total. The molecule has 0 bridgehead atoms. The van der Waals surface area contributed by atoms with Gasteiger partial charge in [-0.15, -0.1) is 0 Å². The van der Waals surface area contributed by atoms with E-state index in [0.29, 0.717) is 18.4 Å². The maximum atomic E-state index is 12.6. The van der Waals surface area contributed by atoms with Crippen LogP contribution in [0.5, 0.6) is 0 Å². The number of rotatable bonds is 6. The predicted molar refractivity (Wildman–Crippen MR) is 72.2 cm³/mol. The van der Waals surface area contributed by atoms with Crippen LogP contribution in [0, 0.1) is 5.41 Å². The van der Waals surface area contributed by atoms with Gasteiger partial charge < -0.3 is 5.73 Å². The number of hydrogen-bond donors (Lipinski definition) is 1. The fraction of sp³-hybridized carbons (Fsp3) is 0.533. The molecule has 1 rings (SSSR count). The second-order valence-corrected chi connectivity index (χ2v) is 4.99. The average molecular weight is 287 g/mol. The van der Waals surface area contributed by atoms with Gasteiger partial charge in [0, 0.05) is 18.4 Å². The highest BCUT2D eigenvalue weighted by Gasteiger charge is 2.34. The number of ketones is 1. The summed E-state index contributed by atoms with van der Waals surface area (Å²) in [5, 5.41) is 0. The fourth-order valence-electron chi connectivity index (χ4n) is 2.28. The maximum Gasteiger partial charge on any atom is 0.416 e. The quantitative estimate of drug-likeness (QED) is 0.869. The topological polar surface area (TPSA) is 43.1 Å². The van der Waals surface area contributed by atoms with Crippen LogP contribution in [-0.2, 0) is 17.4 Å². The van der Waals surface area contributed by atoms with E-state index in [4.69, 9.17) is 5.73 Å². The molecular formula is C15H20F3NO. The summed E-state index contributed by atoms with van der Waals surface area (Å²) in [5.41, 5.74) is 4.70. The Kier molecular flexibility index (Phi) is 5.34. The first-order valence-electron chi connectivity index (χ1n) is 6.68. The maximum absolute atomic E-state index is 12.6. The highest BCUT2D eigenvalue weighted by atomic mass is 19.4. The third kappa shape index (κ3) is 3.60. The molecule has 2 nitrogen and oxygen atoms in total. The summed E-state index contributed by atoms with van der Waals surface area (Å²) in [6, 6.07) is 4.90. The molecule has 0 heterocycles. The van der Waals surface area contributed by atoms with Crippen LogP contribution in [0.4, 0.5) is 13.2 Å². The van der Waals surface area contributed by atoms with Crippen LogP contribution >= 0.6 is 0 Å². The number of alkyl halides is 3. The van der Waals surface area contributed by atoms with Crippen molar-refractivity contribution in [2.75, 3.05) is 6.54 Å². The molecule has 20 heavy (non-hydrogen) atoms. The van der Waals surface area contributed by atoms with E-state index >= 15 is 0 Å². The zero-order valence-electron chi connectivity index (χ0n) is 11.8. The lowest BCUT2D eigenvalue weighted by Crippen LogP contribution is -2.38. The summed E-state index contributed by atoms with van der Waals surface area (Å²) in [5.74, 6) is -0.0932. The number of nitrogens with two attached hydrogens (primary N) is 1. The van der Waals surface area contributed by atoms with Crippen molar-refractivity contribution in [1.29, 1.82) is 0 Å². The van der Waals surface area contributed by atoms with Gasteiger partial charge in [-0.3, -0.25) is 4.79 Å². The van der Waals surface area contributed by atoms with Crippen LogP contribution in [0.2, 0.25) is 0 Å². The zero-order chi connectivity index (χ0) is 15.4. The first-order valence-corrected chi connectivity index (χ1v) is 6.68. The Balaban J connectivity index is 2.96. The zero-order valence-corrected chi connectivity index (χ0v) is 11.8.